The number of rotatable bonds is 3. The van der Waals surface area contributed by atoms with E-state index >= 15 is 0 Å². The third-order valence-corrected chi connectivity index (χ3v) is 5.47. The number of halogens is 1. The number of aromatic nitrogens is 1. The highest BCUT2D eigenvalue weighted by molar-refractivity contribution is 5.86. The number of hydrogen-bond donors (Lipinski definition) is 1. The summed E-state index contributed by atoms with van der Waals surface area (Å²) in [7, 11) is 1.62. The second kappa shape index (κ2) is 7.67. The Morgan fingerprint density at radius 1 is 1.12 bits per heavy atom. The fourth-order valence-corrected chi connectivity index (χ4v) is 3.99. The average molecular weight is 425 g/mol. The van der Waals surface area contributed by atoms with Crippen LogP contribution in [0.15, 0.2) is 87.7 Å². The van der Waals surface area contributed by atoms with Crippen LogP contribution in [0.2, 0.25) is 0 Å². The zero-order valence-electron chi connectivity index (χ0n) is 16.9. The molecule has 7 heteroatoms. The molecule has 1 aliphatic rings. The molecule has 0 saturated carbocycles. The lowest BCUT2D eigenvalue weighted by Crippen LogP contribution is -2.28. The van der Waals surface area contributed by atoms with Gasteiger partial charge in [-0.3, -0.25) is 4.98 Å². The van der Waals surface area contributed by atoms with Crippen LogP contribution in [0.25, 0.3) is 22.1 Å². The summed E-state index contributed by atoms with van der Waals surface area (Å²) in [6, 6.07) is 17.3. The smallest absolute Gasteiger partial charge is 0.344 e. The molecular formula is C25H16FN3O3. The largest absolute Gasteiger partial charge is 0.439 e. The van der Waals surface area contributed by atoms with Crippen LogP contribution in [0.4, 0.5) is 4.39 Å². The van der Waals surface area contributed by atoms with Crippen LogP contribution in [0.1, 0.15) is 17.0 Å². The molecule has 0 aliphatic carbocycles. The fraction of sp³-hybridized carbons (Fsp3) is 0.0800. The lowest BCUT2D eigenvalue weighted by atomic mass is 9.83. The summed E-state index contributed by atoms with van der Waals surface area (Å²) in [5.41, 5.74) is 2.55. The molecule has 0 amide bonds. The van der Waals surface area contributed by atoms with Gasteiger partial charge in [0.1, 0.15) is 23.0 Å². The van der Waals surface area contributed by atoms with Crippen molar-refractivity contribution in [2.75, 3.05) is 7.05 Å². The third-order valence-electron chi connectivity index (χ3n) is 5.47. The number of nitrogens with one attached hydrogen (secondary N) is 1. The van der Waals surface area contributed by atoms with E-state index in [1.807, 2.05) is 36.4 Å². The lowest BCUT2D eigenvalue weighted by Gasteiger charge is -2.27. The van der Waals surface area contributed by atoms with Crippen molar-refractivity contribution >= 4 is 11.0 Å². The molecule has 1 N–H and O–H groups in total. The molecule has 0 radical (unpaired) electrons. The predicted molar refractivity (Wildman–Crippen MR) is 116 cm³/mol. The number of allylic oxidation sites excluding steroid dienone is 1. The van der Waals surface area contributed by atoms with E-state index in [0.29, 0.717) is 10.9 Å². The summed E-state index contributed by atoms with van der Waals surface area (Å²) >= 11 is 0. The monoisotopic (exact) mass is 425 g/mol. The van der Waals surface area contributed by atoms with E-state index in [2.05, 4.69) is 16.4 Å². The van der Waals surface area contributed by atoms with Gasteiger partial charge in [-0.05, 0) is 41.0 Å². The quantitative estimate of drug-likeness (QED) is 0.487. The van der Waals surface area contributed by atoms with Crippen molar-refractivity contribution in [1.82, 2.24) is 10.3 Å². The fourth-order valence-electron chi connectivity index (χ4n) is 3.99. The topological polar surface area (TPSA) is 88.2 Å². The first kappa shape index (κ1) is 19.5. The maximum Gasteiger partial charge on any atom is 0.344 e. The summed E-state index contributed by atoms with van der Waals surface area (Å²) in [5.74, 6) is -0.841. The van der Waals surface area contributed by atoms with E-state index in [-0.39, 0.29) is 28.4 Å². The summed E-state index contributed by atoms with van der Waals surface area (Å²) in [4.78, 5) is 17.1. The number of ether oxygens (including phenoxy) is 1. The Hall–Kier alpha value is -4.44. The Labute approximate surface area is 182 Å². The summed E-state index contributed by atoms with van der Waals surface area (Å²) in [5, 5.41) is 13.1. The van der Waals surface area contributed by atoms with E-state index in [1.54, 1.807) is 19.4 Å². The molecule has 0 spiro atoms. The molecule has 3 heterocycles. The first-order valence-corrected chi connectivity index (χ1v) is 9.87. The van der Waals surface area contributed by atoms with Gasteiger partial charge in [0.25, 0.3) is 0 Å². The summed E-state index contributed by atoms with van der Waals surface area (Å²) in [6.45, 7) is 0. The van der Waals surface area contributed by atoms with Gasteiger partial charge in [-0.1, -0.05) is 30.3 Å². The molecule has 1 aliphatic heterocycles. The van der Waals surface area contributed by atoms with Gasteiger partial charge in [-0.2, -0.15) is 5.26 Å². The molecule has 1 unspecified atom stereocenters. The molecule has 0 bridgehead atoms. The van der Waals surface area contributed by atoms with E-state index in [4.69, 9.17) is 9.15 Å². The van der Waals surface area contributed by atoms with Gasteiger partial charge >= 0.3 is 5.63 Å². The minimum absolute atomic E-state index is 0.160. The zero-order chi connectivity index (χ0) is 22.2. The van der Waals surface area contributed by atoms with Crippen molar-refractivity contribution in [1.29, 1.82) is 5.26 Å². The predicted octanol–water partition coefficient (Wildman–Crippen LogP) is 4.47. The summed E-state index contributed by atoms with van der Waals surface area (Å²) < 4.78 is 25.3. The number of fused-ring (bicyclic) bond motifs is 3. The first-order valence-electron chi connectivity index (χ1n) is 9.87. The standard InChI is InChI=1S/C25H16FN3O3/c1-28-24-19(12-27)21(15-6-4-14(5-7-15)16-3-2-10-29-13-16)22-23(32-24)18-11-17(26)8-9-20(18)31-25(22)30/h2-11,13,21,28H,1H3. The highest BCUT2D eigenvalue weighted by Gasteiger charge is 2.36. The van der Waals surface area contributed by atoms with Gasteiger partial charge in [0.2, 0.25) is 5.88 Å². The Morgan fingerprint density at radius 2 is 1.94 bits per heavy atom. The van der Waals surface area contributed by atoms with Gasteiger partial charge in [-0.15, -0.1) is 0 Å². The van der Waals surface area contributed by atoms with Crippen molar-refractivity contribution in [2.45, 2.75) is 5.92 Å². The molecule has 156 valence electrons. The van der Waals surface area contributed by atoms with E-state index < -0.39 is 17.4 Å². The van der Waals surface area contributed by atoms with E-state index in [9.17, 15) is 14.4 Å². The number of hydrogen-bond acceptors (Lipinski definition) is 6. The third kappa shape index (κ3) is 3.10. The number of benzene rings is 2. The van der Waals surface area contributed by atoms with Crippen LogP contribution in [0.5, 0.6) is 5.75 Å². The van der Waals surface area contributed by atoms with Crippen LogP contribution in [0.3, 0.4) is 0 Å². The molecule has 2 aromatic heterocycles. The Kier molecular flexibility index (Phi) is 4.68. The van der Waals surface area contributed by atoms with Gasteiger partial charge in [0.15, 0.2) is 5.75 Å². The lowest BCUT2D eigenvalue weighted by molar-refractivity contribution is 0.364. The highest BCUT2D eigenvalue weighted by atomic mass is 19.1. The maximum absolute atomic E-state index is 14.0. The van der Waals surface area contributed by atoms with Crippen molar-refractivity contribution in [3.63, 3.8) is 0 Å². The molecule has 6 nitrogen and oxygen atoms in total. The van der Waals surface area contributed by atoms with Crippen molar-refractivity contribution < 1.29 is 13.5 Å². The molecule has 32 heavy (non-hydrogen) atoms. The molecule has 4 aromatic rings. The highest BCUT2D eigenvalue weighted by Crippen LogP contribution is 2.44. The van der Waals surface area contributed by atoms with E-state index in [0.717, 1.165) is 11.1 Å². The van der Waals surface area contributed by atoms with Gasteiger partial charge in [0.05, 0.1) is 16.9 Å². The first-order chi connectivity index (χ1) is 15.6. The molecule has 1 atom stereocenters. The van der Waals surface area contributed by atoms with Gasteiger partial charge < -0.3 is 14.5 Å². The number of nitriles is 1. The van der Waals surface area contributed by atoms with Crippen LogP contribution in [-0.4, -0.2) is 12.0 Å². The Balaban J connectivity index is 1.74. The second-order valence-electron chi connectivity index (χ2n) is 7.28. The molecular weight excluding hydrogens is 409 g/mol. The Bertz CT molecular complexity index is 1470. The zero-order valence-corrected chi connectivity index (χ0v) is 16.9. The molecule has 2 aromatic carbocycles. The van der Waals surface area contributed by atoms with Crippen LogP contribution in [-0.2, 0) is 0 Å². The molecule has 0 saturated heterocycles. The van der Waals surface area contributed by atoms with Gasteiger partial charge in [-0.25, -0.2) is 9.18 Å². The summed E-state index contributed by atoms with van der Waals surface area (Å²) in [6.07, 6.45) is 3.46. The number of pyridine rings is 1. The maximum atomic E-state index is 14.0. The van der Waals surface area contributed by atoms with Crippen LogP contribution >= 0.6 is 0 Å². The SMILES string of the molecule is CNC1=C(C#N)C(c2ccc(-c3cccnc3)cc2)c2c(c3cc(F)ccc3oc2=O)O1. The molecule has 5 rings (SSSR count). The van der Waals surface area contributed by atoms with E-state index in [1.165, 1.54) is 18.2 Å². The number of nitrogens with zero attached hydrogens (tertiary/aromatic N) is 2. The van der Waals surface area contributed by atoms with Crippen molar-refractivity contribution in [3.8, 4) is 22.9 Å². The van der Waals surface area contributed by atoms with Crippen molar-refractivity contribution in [2.24, 2.45) is 0 Å². The van der Waals surface area contributed by atoms with Crippen LogP contribution in [0, 0.1) is 17.1 Å². The average Bonchev–Trinajstić information content (AvgIpc) is 2.84. The normalized spacial score (nSPS) is 15.1. The Morgan fingerprint density at radius 3 is 2.62 bits per heavy atom. The minimum atomic E-state index is -0.738. The van der Waals surface area contributed by atoms with Gasteiger partial charge in [0, 0.05) is 19.4 Å². The second-order valence-corrected chi connectivity index (χ2v) is 7.28. The molecule has 0 fully saturated rings. The van der Waals surface area contributed by atoms with Crippen molar-refractivity contribution in [3.05, 3.63) is 106 Å². The van der Waals surface area contributed by atoms with Crippen LogP contribution < -0.4 is 15.7 Å². The minimum Gasteiger partial charge on any atom is -0.439 e.